The average Bonchev–Trinajstić information content (AvgIpc) is 2.78. The van der Waals surface area contributed by atoms with E-state index >= 15 is 0 Å². The average molecular weight is 504 g/mol. The molecule has 0 fully saturated rings. The summed E-state index contributed by atoms with van der Waals surface area (Å²) >= 11 is 3.47. The highest BCUT2D eigenvalue weighted by Gasteiger charge is 2.24. The van der Waals surface area contributed by atoms with Crippen molar-refractivity contribution in [3.05, 3.63) is 65.4 Å². The predicted molar refractivity (Wildman–Crippen MR) is 134 cm³/mol. The quantitative estimate of drug-likeness (QED) is 0.386. The minimum absolute atomic E-state index is 0.224. The molecule has 2 amide bonds. The third-order valence-corrected chi connectivity index (χ3v) is 5.79. The molecule has 4 aromatic rings. The Bertz CT molecular complexity index is 1340. The third kappa shape index (κ3) is 4.47. The Hall–Kier alpha value is -3.65. The number of fused-ring (bicyclic) bond motifs is 1. The number of carbonyl (C=O) groups is 2. The number of aromatic nitrogens is 3. The molecule has 0 unspecified atom stereocenters. The molecule has 0 saturated carbocycles. The molecular formula is C25H22BrN5O2. The molecule has 0 N–H and O–H groups in total. The summed E-state index contributed by atoms with van der Waals surface area (Å²) in [5.74, 6) is -0.622. The van der Waals surface area contributed by atoms with E-state index in [4.69, 9.17) is 4.98 Å². The number of hydrogen-bond acceptors (Lipinski definition) is 6. The second-order valence-corrected chi connectivity index (χ2v) is 8.69. The van der Waals surface area contributed by atoms with Crippen molar-refractivity contribution < 1.29 is 9.59 Å². The van der Waals surface area contributed by atoms with E-state index in [1.165, 1.54) is 20.2 Å². The van der Waals surface area contributed by atoms with E-state index in [1.54, 1.807) is 0 Å². The second kappa shape index (κ2) is 9.07. The first kappa shape index (κ1) is 22.5. The van der Waals surface area contributed by atoms with Crippen molar-refractivity contribution in [2.75, 3.05) is 23.9 Å². The van der Waals surface area contributed by atoms with Crippen molar-refractivity contribution >= 4 is 50.3 Å². The molecule has 2 heterocycles. The van der Waals surface area contributed by atoms with E-state index in [0.717, 1.165) is 37.4 Å². The monoisotopic (exact) mass is 503 g/mol. The van der Waals surface area contributed by atoms with Gasteiger partial charge in [-0.3, -0.25) is 9.59 Å². The molecule has 7 nitrogen and oxygen atoms in total. The van der Waals surface area contributed by atoms with Crippen LogP contribution < -0.4 is 9.80 Å². The normalized spacial score (nSPS) is 10.8. The highest BCUT2D eigenvalue weighted by Crippen LogP contribution is 2.36. The first-order valence-electron chi connectivity index (χ1n) is 10.3. The van der Waals surface area contributed by atoms with Crippen molar-refractivity contribution in [2.45, 2.75) is 13.8 Å². The topological polar surface area (TPSA) is 79.3 Å². The molecule has 0 saturated heterocycles. The summed E-state index contributed by atoms with van der Waals surface area (Å²) < 4.78 is 0.967. The Morgan fingerprint density at radius 3 is 2.03 bits per heavy atom. The van der Waals surface area contributed by atoms with Crippen LogP contribution in [-0.4, -0.2) is 40.9 Å². The lowest BCUT2D eigenvalue weighted by atomic mass is 9.99. The lowest BCUT2D eigenvalue weighted by Gasteiger charge is -2.20. The number of anilines is 2. The molecule has 0 spiro atoms. The molecule has 4 rings (SSSR count). The second-order valence-electron chi connectivity index (χ2n) is 7.77. The molecule has 8 heteroatoms. The molecule has 0 aliphatic heterocycles. The number of hydrogen-bond donors (Lipinski definition) is 0. The molecule has 0 bridgehead atoms. The Kier molecular flexibility index (Phi) is 6.20. The van der Waals surface area contributed by atoms with Gasteiger partial charge in [0.2, 0.25) is 11.8 Å². The van der Waals surface area contributed by atoms with Crippen LogP contribution in [-0.2, 0) is 9.59 Å². The molecule has 33 heavy (non-hydrogen) atoms. The lowest BCUT2D eigenvalue weighted by Crippen LogP contribution is -2.34. The van der Waals surface area contributed by atoms with Crippen LogP contribution in [0.25, 0.3) is 33.4 Å². The van der Waals surface area contributed by atoms with Crippen molar-refractivity contribution in [2.24, 2.45) is 0 Å². The molecule has 166 valence electrons. The van der Waals surface area contributed by atoms with Crippen molar-refractivity contribution in [3.8, 4) is 22.4 Å². The number of nitrogens with zero attached hydrogens (tertiary/aromatic N) is 5. The Balaban J connectivity index is 2.04. The van der Waals surface area contributed by atoms with Crippen LogP contribution in [0.1, 0.15) is 13.8 Å². The summed E-state index contributed by atoms with van der Waals surface area (Å²) in [6.45, 7) is 2.68. The summed E-state index contributed by atoms with van der Waals surface area (Å²) in [6, 6.07) is 17.8. The van der Waals surface area contributed by atoms with E-state index in [1.807, 2.05) is 73.6 Å². The van der Waals surface area contributed by atoms with Gasteiger partial charge in [0, 0.05) is 43.7 Å². The zero-order valence-corrected chi connectivity index (χ0v) is 20.3. The fourth-order valence-electron chi connectivity index (χ4n) is 3.67. The van der Waals surface area contributed by atoms with E-state index < -0.39 is 11.8 Å². The Morgan fingerprint density at radius 2 is 1.45 bits per heavy atom. The minimum atomic E-state index is -0.423. The van der Waals surface area contributed by atoms with Crippen LogP contribution in [0.3, 0.4) is 0 Å². The Labute approximate surface area is 200 Å². The van der Waals surface area contributed by atoms with Crippen molar-refractivity contribution in [1.29, 1.82) is 0 Å². The van der Waals surface area contributed by atoms with Crippen LogP contribution in [0.15, 0.2) is 65.4 Å². The van der Waals surface area contributed by atoms with Gasteiger partial charge in [0.25, 0.3) is 0 Å². The number of pyridine rings is 1. The van der Waals surface area contributed by atoms with Gasteiger partial charge in [-0.25, -0.2) is 19.9 Å². The number of amides is 2. The number of imide groups is 1. The SMILES string of the molecule is CC(=O)N(C(C)=O)c1ncnc2nc(-c3ccc(Br)cc3)cc(-c3ccc(N(C)C)cc3)c12. The van der Waals surface area contributed by atoms with E-state index in [9.17, 15) is 9.59 Å². The smallest absolute Gasteiger partial charge is 0.231 e. The van der Waals surface area contributed by atoms with Gasteiger partial charge < -0.3 is 4.90 Å². The molecule has 0 atom stereocenters. The van der Waals surface area contributed by atoms with Crippen LogP contribution in [0.5, 0.6) is 0 Å². The van der Waals surface area contributed by atoms with E-state index in [-0.39, 0.29) is 5.82 Å². The van der Waals surface area contributed by atoms with Crippen LogP contribution in [0.4, 0.5) is 11.5 Å². The first-order valence-corrected chi connectivity index (χ1v) is 11.1. The van der Waals surface area contributed by atoms with Gasteiger partial charge >= 0.3 is 0 Å². The molecule has 2 aromatic heterocycles. The maximum absolute atomic E-state index is 12.3. The highest BCUT2D eigenvalue weighted by atomic mass is 79.9. The van der Waals surface area contributed by atoms with Crippen LogP contribution in [0.2, 0.25) is 0 Å². The van der Waals surface area contributed by atoms with Crippen molar-refractivity contribution in [1.82, 2.24) is 15.0 Å². The zero-order chi connectivity index (χ0) is 23.7. The summed E-state index contributed by atoms with van der Waals surface area (Å²) in [4.78, 5) is 41.2. The molecule has 0 aliphatic carbocycles. The Morgan fingerprint density at radius 1 is 0.848 bits per heavy atom. The lowest BCUT2D eigenvalue weighted by molar-refractivity contribution is -0.124. The van der Waals surface area contributed by atoms with Gasteiger partial charge in [0.15, 0.2) is 11.5 Å². The predicted octanol–water partition coefficient (Wildman–Crippen LogP) is 5.09. The largest absolute Gasteiger partial charge is 0.378 e. The molecule has 0 aliphatic rings. The maximum Gasteiger partial charge on any atom is 0.231 e. The van der Waals surface area contributed by atoms with Gasteiger partial charge in [-0.15, -0.1) is 0 Å². The summed E-state index contributed by atoms with van der Waals surface area (Å²) in [7, 11) is 3.96. The first-order chi connectivity index (χ1) is 15.8. The number of rotatable bonds is 4. The van der Waals surface area contributed by atoms with Gasteiger partial charge in [-0.05, 0) is 41.5 Å². The van der Waals surface area contributed by atoms with E-state index in [0.29, 0.717) is 11.0 Å². The summed E-state index contributed by atoms with van der Waals surface area (Å²) in [6.07, 6.45) is 1.33. The fourth-order valence-corrected chi connectivity index (χ4v) is 3.94. The van der Waals surface area contributed by atoms with Crippen LogP contribution in [0, 0.1) is 0 Å². The highest BCUT2D eigenvalue weighted by molar-refractivity contribution is 9.10. The van der Waals surface area contributed by atoms with Gasteiger partial charge in [0.1, 0.15) is 6.33 Å². The van der Waals surface area contributed by atoms with Crippen LogP contribution >= 0.6 is 15.9 Å². The molecule has 2 aromatic carbocycles. The molecular weight excluding hydrogens is 482 g/mol. The molecule has 0 radical (unpaired) electrons. The zero-order valence-electron chi connectivity index (χ0n) is 18.7. The van der Waals surface area contributed by atoms with Gasteiger partial charge in [-0.1, -0.05) is 40.2 Å². The fraction of sp³-hybridized carbons (Fsp3) is 0.160. The van der Waals surface area contributed by atoms with Gasteiger partial charge in [0.05, 0.1) is 11.1 Å². The third-order valence-electron chi connectivity index (χ3n) is 5.26. The maximum atomic E-state index is 12.3. The van der Waals surface area contributed by atoms with E-state index in [2.05, 4.69) is 25.9 Å². The number of carbonyl (C=O) groups excluding carboxylic acids is 2. The van der Waals surface area contributed by atoms with Crippen molar-refractivity contribution in [3.63, 3.8) is 0 Å². The summed E-state index contributed by atoms with van der Waals surface area (Å²) in [5, 5.41) is 0.543. The minimum Gasteiger partial charge on any atom is -0.378 e. The van der Waals surface area contributed by atoms with Gasteiger partial charge in [-0.2, -0.15) is 0 Å². The number of halogens is 1. The standard InChI is InChI=1S/C25H22BrN5O2/c1-15(32)31(16(2)33)25-23-21(17-7-11-20(12-8-17)30(3)4)13-22(29-24(23)27-14-28-25)18-5-9-19(26)10-6-18/h5-14H,1-4H3. The number of benzene rings is 2. The summed E-state index contributed by atoms with van der Waals surface area (Å²) in [5.41, 5.74) is 4.78.